The Morgan fingerprint density at radius 3 is 2.47 bits per heavy atom. The normalized spacial score (nSPS) is 9.63. The summed E-state index contributed by atoms with van der Waals surface area (Å²) >= 11 is 0. The molecule has 1 aromatic carbocycles. The van der Waals surface area contributed by atoms with Gasteiger partial charge in [-0.15, -0.1) is 0 Å². The molecule has 6 heteroatoms. The minimum atomic E-state index is -0.970. The van der Waals surface area contributed by atoms with Crippen molar-refractivity contribution in [1.29, 1.82) is 0 Å². The van der Waals surface area contributed by atoms with Crippen LogP contribution in [0.1, 0.15) is 24.2 Å². The number of nitrogens with one attached hydrogen (secondary N) is 1. The van der Waals surface area contributed by atoms with Gasteiger partial charge in [-0.3, -0.25) is 9.59 Å². The van der Waals surface area contributed by atoms with Gasteiger partial charge in [0.15, 0.2) is 0 Å². The molecule has 0 aromatic heterocycles. The van der Waals surface area contributed by atoms with E-state index in [9.17, 15) is 14.4 Å². The molecule has 1 N–H and O–H groups in total. The fourth-order valence-electron chi connectivity index (χ4n) is 1.44. The standard InChI is InChI=1S/C13H15NO5/c1-4-19-13(17)12(16)10-7-9(18-3)5-6-11(10)14-8(2)15/h5-7H,4H2,1-3H3,(H,14,15). The number of amides is 1. The Bertz CT molecular complexity index is 510. The lowest BCUT2D eigenvalue weighted by Gasteiger charge is -2.10. The molecule has 0 saturated carbocycles. The van der Waals surface area contributed by atoms with Gasteiger partial charge in [-0.05, 0) is 25.1 Å². The molecule has 1 amide bonds. The van der Waals surface area contributed by atoms with Crippen LogP contribution in [0.15, 0.2) is 18.2 Å². The first kappa shape index (κ1) is 14.7. The molecule has 0 aliphatic rings. The summed E-state index contributed by atoms with van der Waals surface area (Å²) in [4.78, 5) is 34.4. The van der Waals surface area contributed by atoms with Crippen molar-refractivity contribution < 1.29 is 23.9 Å². The summed E-state index contributed by atoms with van der Waals surface area (Å²) in [6.45, 7) is 3.01. The largest absolute Gasteiger partial charge is 0.497 e. The first-order chi connectivity index (χ1) is 8.99. The highest BCUT2D eigenvalue weighted by molar-refractivity contribution is 6.42. The van der Waals surface area contributed by atoms with Gasteiger partial charge in [0.1, 0.15) is 5.75 Å². The lowest BCUT2D eigenvalue weighted by Crippen LogP contribution is -2.20. The number of ether oxygens (including phenoxy) is 2. The number of ketones is 1. The van der Waals surface area contributed by atoms with Crippen molar-refractivity contribution in [3.05, 3.63) is 23.8 Å². The SMILES string of the molecule is CCOC(=O)C(=O)c1cc(OC)ccc1NC(C)=O. The van der Waals surface area contributed by atoms with Crippen molar-refractivity contribution >= 4 is 23.3 Å². The molecule has 1 aromatic rings. The number of esters is 1. The van der Waals surface area contributed by atoms with Crippen molar-refractivity contribution in [2.45, 2.75) is 13.8 Å². The molecular formula is C13H15NO5. The van der Waals surface area contributed by atoms with Crippen LogP contribution in [0.5, 0.6) is 5.75 Å². The average Bonchev–Trinajstić information content (AvgIpc) is 2.38. The molecule has 0 saturated heterocycles. The number of methoxy groups -OCH3 is 1. The molecule has 0 aliphatic carbocycles. The average molecular weight is 265 g/mol. The topological polar surface area (TPSA) is 81.7 Å². The van der Waals surface area contributed by atoms with E-state index in [4.69, 9.17) is 4.74 Å². The van der Waals surface area contributed by atoms with Gasteiger partial charge in [0, 0.05) is 6.92 Å². The second-order valence-corrected chi connectivity index (χ2v) is 3.64. The van der Waals surface area contributed by atoms with E-state index in [2.05, 4.69) is 10.1 Å². The smallest absolute Gasteiger partial charge is 0.379 e. The number of anilines is 1. The number of carbonyl (C=O) groups excluding carboxylic acids is 3. The van der Waals surface area contributed by atoms with Gasteiger partial charge >= 0.3 is 5.97 Å². The highest BCUT2D eigenvalue weighted by Crippen LogP contribution is 2.23. The summed E-state index contributed by atoms with van der Waals surface area (Å²) in [5.41, 5.74) is 0.277. The first-order valence-corrected chi connectivity index (χ1v) is 5.66. The quantitative estimate of drug-likeness (QED) is 0.494. The number of benzene rings is 1. The second-order valence-electron chi connectivity index (χ2n) is 3.64. The van der Waals surface area contributed by atoms with E-state index in [1.54, 1.807) is 13.0 Å². The lowest BCUT2D eigenvalue weighted by atomic mass is 10.1. The van der Waals surface area contributed by atoms with Crippen LogP contribution in [-0.4, -0.2) is 31.4 Å². The first-order valence-electron chi connectivity index (χ1n) is 5.66. The third-order valence-electron chi connectivity index (χ3n) is 2.24. The fraction of sp³-hybridized carbons (Fsp3) is 0.308. The summed E-state index contributed by atoms with van der Waals surface area (Å²) in [6.07, 6.45) is 0. The maximum Gasteiger partial charge on any atom is 0.379 e. The van der Waals surface area contributed by atoms with Gasteiger partial charge in [0.25, 0.3) is 5.78 Å². The van der Waals surface area contributed by atoms with Crippen LogP contribution < -0.4 is 10.1 Å². The molecular weight excluding hydrogens is 250 g/mol. The molecule has 0 spiro atoms. The monoisotopic (exact) mass is 265 g/mol. The maximum absolute atomic E-state index is 11.9. The van der Waals surface area contributed by atoms with Crippen molar-refractivity contribution in [2.75, 3.05) is 19.0 Å². The summed E-state index contributed by atoms with van der Waals surface area (Å²) in [6, 6.07) is 4.45. The van der Waals surface area contributed by atoms with Gasteiger partial charge in [0.05, 0.1) is 25.0 Å². The number of rotatable bonds is 5. The minimum absolute atomic E-state index is 0.0352. The van der Waals surface area contributed by atoms with Crippen LogP contribution >= 0.6 is 0 Å². The van der Waals surface area contributed by atoms with Gasteiger partial charge in [-0.2, -0.15) is 0 Å². The number of carbonyl (C=O) groups is 3. The lowest BCUT2D eigenvalue weighted by molar-refractivity contribution is -0.137. The molecule has 0 bridgehead atoms. The summed E-state index contributed by atoms with van der Waals surface area (Å²) in [5.74, 6) is -1.74. The predicted molar refractivity (Wildman–Crippen MR) is 68.3 cm³/mol. The fourth-order valence-corrected chi connectivity index (χ4v) is 1.44. The molecule has 0 aliphatic heterocycles. The van der Waals surface area contributed by atoms with E-state index in [1.165, 1.54) is 26.2 Å². The van der Waals surface area contributed by atoms with Crippen LogP contribution in [-0.2, 0) is 14.3 Å². The zero-order valence-corrected chi connectivity index (χ0v) is 11.0. The molecule has 0 radical (unpaired) electrons. The zero-order valence-electron chi connectivity index (χ0n) is 11.0. The molecule has 102 valence electrons. The van der Waals surface area contributed by atoms with Gasteiger partial charge < -0.3 is 14.8 Å². The Kier molecular flexibility index (Phi) is 5.05. The highest BCUT2D eigenvalue weighted by Gasteiger charge is 2.22. The maximum atomic E-state index is 11.9. The van der Waals surface area contributed by atoms with Crippen LogP contribution in [0.3, 0.4) is 0 Å². The van der Waals surface area contributed by atoms with E-state index in [0.29, 0.717) is 5.75 Å². The number of hydrogen-bond acceptors (Lipinski definition) is 5. The van der Waals surface area contributed by atoms with Crippen molar-refractivity contribution in [2.24, 2.45) is 0 Å². The van der Waals surface area contributed by atoms with Crippen LogP contribution in [0, 0.1) is 0 Å². The van der Waals surface area contributed by atoms with E-state index >= 15 is 0 Å². The summed E-state index contributed by atoms with van der Waals surface area (Å²) < 4.78 is 9.64. The van der Waals surface area contributed by atoms with E-state index in [0.717, 1.165) is 0 Å². The molecule has 1 rings (SSSR count). The molecule has 6 nitrogen and oxygen atoms in total. The van der Waals surface area contributed by atoms with Gasteiger partial charge in [-0.1, -0.05) is 0 Å². The predicted octanol–water partition coefficient (Wildman–Crippen LogP) is 1.40. The summed E-state index contributed by atoms with van der Waals surface area (Å²) in [7, 11) is 1.44. The van der Waals surface area contributed by atoms with E-state index in [1.807, 2.05) is 0 Å². The Hall–Kier alpha value is -2.37. The van der Waals surface area contributed by atoms with Gasteiger partial charge in [-0.25, -0.2) is 4.79 Å². The van der Waals surface area contributed by atoms with Gasteiger partial charge in [0.2, 0.25) is 5.91 Å². The van der Waals surface area contributed by atoms with Crippen molar-refractivity contribution in [3.8, 4) is 5.75 Å². The Balaban J connectivity index is 3.16. The summed E-state index contributed by atoms with van der Waals surface area (Å²) in [5, 5.41) is 2.48. The third kappa shape index (κ3) is 3.80. The number of Topliss-reactive ketones (excluding diaryl/α,β-unsaturated/α-hetero) is 1. The number of hydrogen-bond donors (Lipinski definition) is 1. The second kappa shape index (κ2) is 6.53. The molecule has 0 unspecified atom stereocenters. The molecule has 0 heterocycles. The van der Waals surface area contributed by atoms with Crippen LogP contribution in [0.4, 0.5) is 5.69 Å². The van der Waals surface area contributed by atoms with E-state index < -0.39 is 11.8 Å². The zero-order chi connectivity index (χ0) is 14.4. The van der Waals surface area contributed by atoms with Crippen molar-refractivity contribution in [1.82, 2.24) is 0 Å². The third-order valence-corrected chi connectivity index (χ3v) is 2.24. The molecule has 0 fully saturated rings. The van der Waals surface area contributed by atoms with E-state index in [-0.39, 0.29) is 23.8 Å². The Labute approximate surface area is 110 Å². The highest BCUT2D eigenvalue weighted by atomic mass is 16.5. The molecule has 0 atom stereocenters. The molecule has 19 heavy (non-hydrogen) atoms. The van der Waals surface area contributed by atoms with Crippen LogP contribution in [0.2, 0.25) is 0 Å². The van der Waals surface area contributed by atoms with Crippen LogP contribution in [0.25, 0.3) is 0 Å². The Morgan fingerprint density at radius 1 is 1.26 bits per heavy atom. The Morgan fingerprint density at radius 2 is 1.95 bits per heavy atom. The minimum Gasteiger partial charge on any atom is -0.497 e. The van der Waals surface area contributed by atoms with Crippen molar-refractivity contribution in [3.63, 3.8) is 0 Å².